The zero-order valence-electron chi connectivity index (χ0n) is 14.2. The Labute approximate surface area is 143 Å². The molecule has 0 radical (unpaired) electrons. The standard InChI is InChI=1S/C21H24O3/c1-2-21(13-6-7-14-21)20(22)24-19-12-8-11-18(15-19)23-16-17-9-4-3-5-10-17/h3-5,8-12,15H,2,6-7,13-14,16H2,1H3. The van der Waals surface area contributed by atoms with Gasteiger partial charge in [0.05, 0.1) is 5.41 Å². The van der Waals surface area contributed by atoms with Gasteiger partial charge in [0, 0.05) is 6.07 Å². The first kappa shape index (κ1) is 16.6. The van der Waals surface area contributed by atoms with Crippen LogP contribution in [0.2, 0.25) is 0 Å². The van der Waals surface area contributed by atoms with E-state index >= 15 is 0 Å². The van der Waals surface area contributed by atoms with Gasteiger partial charge in [-0.1, -0.05) is 56.2 Å². The molecule has 3 nitrogen and oxygen atoms in total. The highest BCUT2D eigenvalue weighted by molar-refractivity contribution is 5.79. The molecule has 2 aromatic rings. The topological polar surface area (TPSA) is 35.5 Å². The van der Waals surface area contributed by atoms with Crippen LogP contribution in [0, 0.1) is 5.41 Å². The van der Waals surface area contributed by atoms with Crippen LogP contribution < -0.4 is 9.47 Å². The van der Waals surface area contributed by atoms with Crippen molar-refractivity contribution in [2.24, 2.45) is 5.41 Å². The van der Waals surface area contributed by atoms with Crippen molar-refractivity contribution in [1.29, 1.82) is 0 Å². The summed E-state index contributed by atoms with van der Waals surface area (Å²) in [6, 6.07) is 17.3. The fourth-order valence-electron chi connectivity index (χ4n) is 3.34. The summed E-state index contributed by atoms with van der Waals surface area (Å²) in [7, 11) is 0. The number of hydrogen-bond donors (Lipinski definition) is 0. The number of hydrogen-bond acceptors (Lipinski definition) is 3. The van der Waals surface area contributed by atoms with Gasteiger partial charge in [0.1, 0.15) is 18.1 Å². The van der Waals surface area contributed by atoms with Gasteiger partial charge >= 0.3 is 5.97 Å². The molecule has 0 aliphatic heterocycles. The van der Waals surface area contributed by atoms with Gasteiger partial charge in [0.2, 0.25) is 0 Å². The zero-order chi connectivity index (χ0) is 16.8. The summed E-state index contributed by atoms with van der Waals surface area (Å²) in [4.78, 5) is 12.6. The molecule has 3 heteroatoms. The second kappa shape index (κ2) is 7.52. The van der Waals surface area contributed by atoms with Crippen LogP contribution in [0.1, 0.15) is 44.6 Å². The third-order valence-corrected chi connectivity index (χ3v) is 4.93. The molecule has 1 saturated carbocycles. The van der Waals surface area contributed by atoms with Crippen molar-refractivity contribution in [1.82, 2.24) is 0 Å². The van der Waals surface area contributed by atoms with Crippen molar-refractivity contribution in [3.05, 3.63) is 60.2 Å². The summed E-state index contributed by atoms with van der Waals surface area (Å²) in [6.45, 7) is 2.57. The molecule has 1 aliphatic carbocycles. The van der Waals surface area contributed by atoms with Gasteiger partial charge in [-0.15, -0.1) is 0 Å². The van der Waals surface area contributed by atoms with Gasteiger partial charge in [0.15, 0.2) is 0 Å². The molecule has 2 aromatic carbocycles. The van der Waals surface area contributed by atoms with E-state index in [1.165, 1.54) is 0 Å². The minimum absolute atomic E-state index is 0.0947. The highest BCUT2D eigenvalue weighted by atomic mass is 16.5. The number of carbonyl (C=O) groups excluding carboxylic acids is 1. The van der Waals surface area contributed by atoms with E-state index in [1.807, 2.05) is 48.5 Å². The fourth-order valence-corrected chi connectivity index (χ4v) is 3.34. The Bertz CT molecular complexity index is 672. The van der Waals surface area contributed by atoms with Crippen molar-refractivity contribution in [2.45, 2.75) is 45.6 Å². The first-order valence-corrected chi connectivity index (χ1v) is 8.71. The number of esters is 1. The van der Waals surface area contributed by atoms with Crippen molar-refractivity contribution in [2.75, 3.05) is 0 Å². The molecule has 0 aromatic heterocycles. The lowest BCUT2D eigenvalue weighted by molar-refractivity contribution is -0.145. The lowest BCUT2D eigenvalue weighted by Crippen LogP contribution is -2.31. The highest BCUT2D eigenvalue weighted by Crippen LogP contribution is 2.42. The predicted octanol–water partition coefficient (Wildman–Crippen LogP) is 5.14. The van der Waals surface area contributed by atoms with Crippen LogP contribution in [0.15, 0.2) is 54.6 Å². The van der Waals surface area contributed by atoms with E-state index in [2.05, 4.69) is 6.92 Å². The maximum Gasteiger partial charge on any atom is 0.317 e. The number of ether oxygens (including phenoxy) is 2. The molecule has 0 saturated heterocycles. The van der Waals surface area contributed by atoms with Crippen LogP contribution in [-0.2, 0) is 11.4 Å². The Morgan fingerprint density at radius 3 is 2.42 bits per heavy atom. The molecule has 0 unspecified atom stereocenters. The normalized spacial score (nSPS) is 15.9. The van der Waals surface area contributed by atoms with Crippen LogP contribution in [0.4, 0.5) is 0 Å². The largest absolute Gasteiger partial charge is 0.489 e. The van der Waals surface area contributed by atoms with Gasteiger partial charge in [-0.3, -0.25) is 4.79 Å². The first-order chi connectivity index (χ1) is 11.7. The minimum Gasteiger partial charge on any atom is -0.489 e. The summed E-state index contributed by atoms with van der Waals surface area (Å²) in [6.07, 6.45) is 4.95. The Kier molecular flexibility index (Phi) is 5.19. The van der Waals surface area contributed by atoms with Gasteiger partial charge in [-0.05, 0) is 37.0 Å². The second-order valence-corrected chi connectivity index (χ2v) is 6.48. The van der Waals surface area contributed by atoms with E-state index in [-0.39, 0.29) is 11.4 Å². The smallest absolute Gasteiger partial charge is 0.317 e. The summed E-state index contributed by atoms with van der Waals surface area (Å²) < 4.78 is 11.5. The summed E-state index contributed by atoms with van der Waals surface area (Å²) >= 11 is 0. The third-order valence-electron chi connectivity index (χ3n) is 4.93. The van der Waals surface area contributed by atoms with Crippen molar-refractivity contribution in [3.63, 3.8) is 0 Å². The summed E-state index contributed by atoms with van der Waals surface area (Å²) in [5.74, 6) is 1.18. The van der Waals surface area contributed by atoms with Gasteiger partial charge in [-0.25, -0.2) is 0 Å². The van der Waals surface area contributed by atoms with Crippen molar-refractivity contribution >= 4 is 5.97 Å². The molecule has 0 amide bonds. The third kappa shape index (κ3) is 3.78. The van der Waals surface area contributed by atoms with E-state index in [4.69, 9.17) is 9.47 Å². The maximum atomic E-state index is 12.6. The molecule has 0 spiro atoms. The SMILES string of the molecule is CCC1(C(=O)Oc2cccc(OCc3ccccc3)c2)CCCC1. The average molecular weight is 324 g/mol. The highest BCUT2D eigenvalue weighted by Gasteiger charge is 2.41. The van der Waals surface area contributed by atoms with E-state index in [0.29, 0.717) is 18.1 Å². The van der Waals surface area contributed by atoms with E-state index < -0.39 is 0 Å². The lowest BCUT2D eigenvalue weighted by atomic mass is 9.83. The van der Waals surface area contributed by atoms with Gasteiger partial charge in [-0.2, -0.15) is 0 Å². The first-order valence-electron chi connectivity index (χ1n) is 8.71. The quantitative estimate of drug-likeness (QED) is 0.545. The molecule has 0 heterocycles. The molecule has 3 rings (SSSR count). The molecule has 1 aliphatic rings. The monoisotopic (exact) mass is 324 g/mol. The zero-order valence-corrected chi connectivity index (χ0v) is 14.2. The number of benzene rings is 2. The lowest BCUT2D eigenvalue weighted by Gasteiger charge is -2.24. The Morgan fingerprint density at radius 2 is 1.71 bits per heavy atom. The molecule has 126 valence electrons. The molecule has 24 heavy (non-hydrogen) atoms. The van der Waals surface area contributed by atoms with Crippen LogP contribution in [-0.4, -0.2) is 5.97 Å². The second-order valence-electron chi connectivity index (χ2n) is 6.48. The van der Waals surface area contributed by atoms with E-state index in [9.17, 15) is 4.79 Å². The fraction of sp³-hybridized carbons (Fsp3) is 0.381. The molecule has 0 N–H and O–H groups in total. The van der Waals surface area contributed by atoms with Crippen molar-refractivity contribution in [3.8, 4) is 11.5 Å². The number of rotatable bonds is 6. The minimum atomic E-state index is -0.291. The van der Waals surface area contributed by atoms with Crippen LogP contribution in [0.5, 0.6) is 11.5 Å². The van der Waals surface area contributed by atoms with Crippen LogP contribution in [0.3, 0.4) is 0 Å². The van der Waals surface area contributed by atoms with Crippen LogP contribution in [0.25, 0.3) is 0 Å². The molecular weight excluding hydrogens is 300 g/mol. The predicted molar refractivity (Wildman–Crippen MR) is 94.0 cm³/mol. The number of carbonyl (C=O) groups is 1. The maximum absolute atomic E-state index is 12.6. The van der Waals surface area contributed by atoms with Gasteiger partial charge in [0.25, 0.3) is 0 Å². The van der Waals surface area contributed by atoms with Crippen molar-refractivity contribution < 1.29 is 14.3 Å². The summed E-state index contributed by atoms with van der Waals surface area (Å²) in [5, 5.41) is 0. The Hall–Kier alpha value is -2.29. The van der Waals surface area contributed by atoms with E-state index in [1.54, 1.807) is 6.07 Å². The van der Waals surface area contributed by atoms with E-state index in [0.717, 1.165) is 37.7 Å². The van der Waals surface area contributed by atoms with Crippen LogP contribution >= 0.6 is 0 Å². The molecule has 0 atom stereocenters. The van der Waals surface area contributed by atoms with Gasteiger partial charge < -0.3 is 9.47 Å². The Morgan fingerprint density at radius 1 is 1.00 bits per heavy atom. The molecular formula is C21H24O3. The molecule has 1 fully saturated rings. The Balaban J connectivity index is 1.63. The summed E-state index contributed by atoms with van der Waals surface area (Å²) in [5.41, 5.74) is 0.816. The average Bonchev–Trinajstić information content (AvgIpc) is 3.12. The molecule has 0 bridgehead atoms.